The van der Waals surface area contributed by atoms with Gasteiger partial charge < -0.3 is 10.5 Å². The molecule has 0 saturated heterocycles. The third-order valence-corrected chi connectivity index (χ3v) is 3.16. The van der Waals surface area contributed by atoms with Crippen LogP contribution >= 0.6 is 15.9 Å². The minimum absolute atomic E-state index is 0.0389. The molecule has 0 aliphatic heterocycles. The molecular formula is C13H9BrF4N2O. The van der Waals surface area contributed by atoms with Gasteiger partial charge in [0.15, 0.2) is 0 Å². The molecule has 1 aromatic carbocycles. The van der Waals surface area contributed by atoms with Gasteiger partial charge >= 0.3 is 6.18 Å². The van der Waals surface area contributed by atoms with Crippen LogP contribution in [0, 0.1) is 5.82 Å². The van der Waals surface area contributed by atoms with Crippen molar-refractivity contribution >= 4 is 15.9 Å². The van der Waals surface area contributed by atoms with Gasteiger partial charge in [-0.1, -0.05) is 6.07 Å². The molecule has 0 saturated carbocycles. The first-order valence-corrected chi connectivity index (χ1v) is 6.50. The second-order valence-corrected chi connectivity index (χ2v) is 4.89. The number of aromatic nitrogens is 1. The van der Waals surface area contributed by atoms with Crippen LogP contribution in [0.25, 0.3) is 0 Å². The lowest BCUT2D eigenvalue weighted by Crippen LogP contribution is -2.10. The van der Waals surface area contributed by atoms with Crippen LogP contribution in [0.15, 0.2) is 34.8 Å². The Hall–Kier alpha value is -1.67. The van der Waals surface area contributed by atoms with E-state index in [1.165, 1.54) is 18.2 Å². The van der Waals surface area contributed by atoms with E-state index < -0.39 is 17.7 Å². The minimum atomic E-state index is -4.59. The maximum absolute atomic E-state index is 13.1. The van der Waals surface area contributed by atoms with Gasteiger partial charge in [0.1, 0.15) is 17.3 Å². The van der Waals surface area contributed by atoms with Crippen LogP contribution < -0.4 is 10.5 Å². The molecule has 0 aliphatic rings. The highest BCUT2D eigenvalue weighted by atomic mass is 79.9. The van der Waals surface area contributed by atoms with Crippen molar-refractivity contribution in [2.24, 2.45) is 5.73 Å². The Kier molecular flexibility index (Phi) is 4.48. The number of pyridine rings is 1. The molecule has 0 fully saturated rings. The summed E-state index contributed by atoms with van der Waals surface area (Å²) in [6, 6.07) is 5.72. The fraction of sp³-hybridized carbons (Fsp3) is 0.154. The van der Waals surface area contributed by atoms with Crippen molar-refractivity contribution in [3.8, 4) is 11.6 Å². The lowest BCUT2D eigenvalue weighted by atomic mass is 10.2. The van der Waals surface area contributed by atoms with Gasteiger partial charge in [0, 0.05) is 12.1 Å². The van der Waals surface area contributed by atoms with E-state index in [-0.39, 0.29) is 22.6 Å². The topological polar surface area (TPSA) is 48.1 Å². The highest BCUT2D eigenvalue weighted by Gasteiger charge is 2.33. The summed E-state index contributed by atoms with van der Waals surface area (Å²) in [4.78, 5) is 3.43. The fourth-order valence-electron chi connectivity index (χ4n) is 1.52. The molecule has 2 N–H and O–H groups in total. The van der Waals surface area contributed by atoms with Crippen LogP contribution in [-0.4, -0.2) is 4.98 Å². The van der Waals surface area contributed by atoms with E-state index in [0.29, 0.717) is 5.56 Å². The number of nitrogens with two attached hydrogens (primary N) is 1. The highest BCUT2D eigenvalue weighted by Crippen LogP contribution is 2.32. The maximum Gasteiger partial charge on any atom is 0.433 e. The number of hydrogen-bond acceptors (Lipinski definition) is 3. The van der Waals surface area contributed by atoms with Gasteiger partial charge in [-0.15, -0.1) is 0 Å². The molecule has 112 valence electrons. The van der Waals surface area contributed by atoms with E-state index in [1.54, 1.807) is 0 Å². The first kappa shape index (κ1) is 15.7. The maximum atomic E-state index is 13.1. The Balaban J connectivity index is 2.39. The molecule has 3 nitrogen and oxygen atoms in total. The summed E-state index contributed by atoms with van der Waals surface area (Å²) in [6.45, 7) is -0.0389. The predicted molar refractivity (Wildman–Crippen MR) is 71.3 cm³/mol. The molecule has 0 aliphatic carbocycles. The summed E-state index contributed by atoms with van der Waals surface area (Å²) in [5.74, 6) is -0.631. The zero-order valence-corrected chi connectivity index (χ0v) is 12.0. The van der Waals surface area contributed by atoms with Crippen molar-refractivity contribution in [2.75, 3.05) is 0 Å². The van der Waals surface area contributed by atoms with Crippen molar-refractivity contribution in [1.29, 1.82) is 0 Å². The largest absolute Gasteiger partial charge is 0.439 e. The summed E-state index contributed by atoms with van der Waals surface area (Å²) in [5, 5.41) is 0. The lowest BCUT2D eigenvalue weighted by molar-refractivity contribution is -0.141. The van der Waals surface area contributed by atoms with Gasteiger partial charge in [-0.05, 0) is 40.2 Å². The van der Waals surface area contributed by atoms with Gasteiger partial charge in [-0.3, -0.25) is 0 Å². The van der Waals surface area contributed by atoms with Crippen molar-refractivity contribution in [1.82, 2.24) is 4.98 Å². The van der Waals surface area contributed by atoms with Gasteiger partial charge in [0.05, 0.1) is 4.47 Å². The highest BCUT2D eigenvalue weighted by molar-refractivity contribution is 9.10. The molecule has 0 bridgehead atoms. The summed E-state index contributed by atoms with van der Waals surface area (Å²) in [5.41, 5.74) is 4.67. The van der Waals surface area contributed by atoms with E-state index >= 15 is 0 Å². The monoisotopic (exact) mass is 364 g/mol. The van der Waals surface area contributed by atoms with Crippen LogP contribution in [0.2, 0.25) is 0 Å². The van der Waals surface area contributed by atoms with Gasteiger partial charge in [-0.25, -0.2) is 9.37 Å². The average molecular weight is 365 g/mol. The number of nitrogens with zero attached hydrogens (tertiary/aromatic N) is 1. The molecule has 0 amide bonds. The number of hydrogen-bond donors (Lipinski definition) is 1. The SMILES string of the molecule is NCc1ccc(C(F)(F)F)nc1Oc1ccc(F)c(Br)c1. The number of ether oxygens (including phenoxy) is 1. The van der Waals surface area contributed by atoms with Crippen LogP contribution in [0.4, 0.5) is 17.6 Å². The van der Waals surface area contributed by atoms with Crippen molar-refractivity contribution < 1.29 is 22.3 Å². The van der Waals surface area contributed by atoms with Gasteiger partial charge in [0.2, 0.25) is 5.88 Å². The Morgan fingerprint density at radius 2 is 1.90 bits per heavy atom. The van der Waals surface area contributed by atoms with Gasteiger partial charge in [0.25, 0.3) is 0 Å². The van der Waals surface area contributed by atoms with Gasteiger partial charge in [-0.2, -0.15) is 13.2 Å². The molecule has 0 radical (unpaired) electrons. The van der Waals surface area contributed by atoms with Crippen LogP contribution in [0.3, 0.4) is 0 Å². The van der Waals surface area contributed by atoms with E-state index in [9.17, 15) is 17.6 Å². The van der Waals surface area contributed by atoms with Crippen LogP contribution in [0.1, 0.15) is 11.3 Å². The second kappa shape index (κ2) is 5.98. The van der Waals surface area contributed by atoms with Crippen molar-refractivity contribution in [2.45, 2.75) is 12.7 Å². The van der Waals surface area contributed by atoms with Crippen molar-refractivity contribution in [3.63, 3.8) is 0 Å². The predicted octanol–water partition coefficient (Wildman–Crippen LogP) is 4.25. The molecule has 0 spiro atoms. The molecule has 8 heteroatoms. The molecule has 2 aromatic rings. The normalized spacial score (nSPS) is 11.5. The van der Waals surface area contributed by atoms with Crippen molar-refractivity contribution in [3.05, 3.63) is 51.9 Å². The summed E-state index contributed by atoms with van der Waals surface area (Å²) < 4.78 is 56.5. The molecule has 0 atom stereocenters. The number of benzene rings is 1. The summed E-state index contributed by atoms with van der Waals surface area (Å²) in [7, 11) is 0. The standard InChI is InChI=1S/C13H9BrF4N2O/c14-9-5-8(2-3-10(9)15)21-12-7(6-19)1-4-11(20-12)13(16,17)18/h1-5H,6,19H2. The Morgan fingerprint density at radius 1 is 1.19 bits per heavy atom. The molecular weight excluding hydrogens is 356 g/mol. The average Bonchev–Trinajstić information content (AvgIpc) is 2.42. The molecule has 1 aromatic heterocycles. The first-order valence-electron chi connectivity index (χ1n) is 5.71. The fourth-order valence-corrected chi connectivity index (χ4v) is 1.88. The third kappa shape index (κ3) is 3.70. The molecule has 1 heterocycles. The van der Waals surface area contributed by atoms with E-state index in [2.05, 4.69) is 20.9 Å². The van der Waals surface area contributed by atoms with E-state index in [4.69, 9.17) is 10.5 Å². The summed E-state index contributed by atoms with van der Waals surface area (Å²) in [6.07, 6.45) is -4.59. The number of alkyl halides is 3. The van der Waals surface area contributed by atoms with E-state index in [0.717, 1.165) is 12.1 Å². The zero-order chi connectivity index (χ0) is 15.6. The quantitative estimate of drug-likeness (QED) is 0.828. The zero-order valence-electron chi connectivity index (χ0n) is 10.4. The number of rotatable bonds is 3. The van der Waals surface area contributed by atoms with E-state index in [1.807, 2.05) is 0 Å². The molecule has 2 rings (SSSR count). The second-order valence-electron chi connectivity index (χ2n) is 4.04. The smallest absolute Gasteiger partial charge is 0.433 e. The Morgan fingerprint density at radius 3 is 2.48 bits per heavy atom. The third-order valence-electron chi connectivity index (χ3n) is 2.56. The van der Waals surface area contributed by atoms with Crippen LogP contribution in [0.5, 0.6) is 11.6 Å². The Labute approximate surface area is 125 Å². The van der Waals surface area contributed by atoms with Crippen LogP contribution in [-0.2, 0) is 12.7 Å². The first-order chi connectivity index (χ1) is 9.81. The Bertz CT molecular complexity index is 661. The molecule has 0 unspecified atom stereocenters. The molecule has 21 heavy (non-hydrogen) atoms. The number of halogens is 5. The minimum Gasteiger partial charge on any atom is -0.439 e. The summed E-state index contributed by atoms with van der Waals surface area (Å²) >= 11 is 2.96. The lowest BCUT2D eigenvalue weighted by Gasteiger charge is -2.12.